The van der Waals surface area contributed by atoms with Crippen molar-refractivity contribution >= 4 is 23.2 Å². The Morgan fingerprint density at radius 1 is 0.927 bits per heavy atom. The molecule has 1 aromatic carbocycles. The molecule has 6 aromatic rings. The van der Waals surface area contributed by atoms with Gasteiger partial charge in [0.15, 0.2) is 16.8 Å². The van der Waals surface area contributed by atoms with Crippen molar-refractivity contribution in [1.82, 2.24) is 54.3 Å². The SMILES string of the molecule is Cn1ncnc1-c1cnn([C@H](Cc2ccn(C(F)F)n2)c2ccc(-c3c(-n4cc(Cl)nn4)ccc(Cl)c3F)cn2)c1. The summed E-state index contributed by atoms with van der Waals surface area (Å²) in [7, 11) is 1.75. The van der Waals surface area contributed by atoms with Crippen LogP contribution in [-0.4, -0.2) is 54.3 Å². The third-order valence-corrected chi connectivity index (χ3v) is 6.82. The molecule has 16 heteroatoms. The number of nitrogens with zero attached hydrogens (tertiary/aromatic N) is 11. The maximum atomic E-state index is 15.3. The molecule has 0 fully saturated rings. The average Bonchev–Trinajstić information content (AvgIpc) is 3.77. The van der Waals surface area contributed by atoms with Crippen LogP contribution < -0.4 is 0 Å². The summed E-state index contributed by atoms with van der Waals surface area (Å²) in [5.74, 6) is -0.0720. The highest BCUT2D eigenvalue weighted by Crippen LogP contribution is 2.34. The van der Waals surface area contributed by atoms with Gasteiger partial charge >= 0.3 is 6.55 Å². The molecular formula is C25H18Cl2F3N11. The summed E-state index contributed by atoms with van der Waals surface area (Å²) in [4.78, 5) is 8.86. The van der Waals surface area contributed by atoms with Crippen LogP contribution in [0.15, 0.2) is 67.6 Å². The lowest BCUT2D eigenvalue weighted by atomic mass is 10.0. The van der Waals surface area contributed by atoms with Crippen molar-refractivity contribution in [1.29, 1.82) is 0 Å². The van der Waals surface area contributed by atoms with Crippen molar-refractivity contribution in [3.63, 3.8) is 0 Å². The summed E-state index contributed by atoms with van der Waals surface area (Å²) >= 11 is 12.0. The number of aryl methyl sites for hydroxylation is 1. The third kappa shape index (κ3) is 5.18. The average molecular weight is 600 g/mol. The first-order chi connectivity index (χ1) is 19.8. The molecule has 0 radical (unpaired) electrons. The van der Waals surface area contributed by atoms with E-state index in [1.54, 1.807) is 47.0 Å². The molecule has 0 saturated heterocycles. The van der Waals surface area contributed by atoms with Gasteiger partial charge in [-0.3, -0.25) is 9.67 Å². The molecule has 208 valence electrons. The number of halogens is 5. The van der Waals surface area contributed by atoms with E-state index in [0.717, 1.165) is 0 Å². The normalized spacial score (nSPS) is 12.4. The van der Waals surface area contributed by atoms with E-state index in [9.17, 15) is 8.78 Å². The first kappa shape index (κ1) is 26.7. The number of hydrogen-bond donors (Lipinski definition) is 0. The van der Waals surface area contributed by atoms with Crippen LogP contribution in [0.3, 0.4) is 0 Å². The molecule has 0 spiro atoms. The fourth-order valence-corrected chi connectivity index (χ4v) is 4.71. The minimum absolute atomic E-state index is 0.0839. The topological polar surface area (TPSA) is 110 Å². The van der Waals surface area contributed by atoms with Gasteiger partial charge in [0.2, 0.25) is 0 Å². The van der Waals surface area contributed by atoms with E-state index in [1.807, 2.05) is 0 Å². The number of alkyl halides is 2. The second-order valence-corrected chi connectivity index (χ2v) is 9.71. The maximum Gasteiger partial charge on any atom is 0.333 e. The second-order valence-electron chi connectivity index (χ2n) is 8.91. The fourth-order valence-electron chi connectivity index (χ4n) is 4.43. The van der Waals surface area contributed by atoms with E-state index in [2.05, 4.69) is 35.6 Å². The Labute approximate surface area is 239 Å². The van der Waals surface area contributed by atoms with Crippen LogP contribution in [0.4, 0.5) is 13.2 Å². The van der Waals surface area contributed by atoms with E-state index >= 15 is 4.39 Å². The Morgan fingerprint density at radius 2 is 1.78 bits per heavy atom. The van der Waals surface area contributed by atoms with Gasteiger partial charge in [-0.2, -0.15) is 24.1 Å². The van der Waals surface area contributed by atoms with E-state index < -0.39 is 18.4 Å². The molecule has 0 aliphatic carbocycles. The zero-order valence-corrected chi connectivity index (χ0v) is 22.5. The van der Waals surface area contributed by atoms with Crippen LogP contribution in [0.5, 0.6) is 0 Å². The number of benzene rings is 1. The van der Waals surface area contributed by atoms with Crippen LogP contribution in [0, 0.1) is 5.82 Å². The van der Waals surface area contributed by atoms with Crippen molar-refractivity contribution < 1.29 is 13.2 Å². The zero-order valence-electron chi connectivity index (χ0n) is 21.0. The van der Waals surface area contributed by atoms with Gasteiger partial charge in [-0.1, -0.05) is 34.5 Å². The molecule has 0 unspecified atom stereocenters. The Kier molecular flexibility index (Phi) is 7.01. The molecule has 41 heavy (non-hydrogen) atoms. The number of aromatic nitrogens is 11. The smallest absolute Gasteiger partial charge is 0.263 e. The van der Waals surface area contributed by atoms with Crippen LogP contribution in [0.25, 0.3) is 28.2 Å². The summed E-state index contributed by atoms with van der Waals surface area (Å²) in [5.41, 5.74) is 2.55. The zero-order chi connectivity index (χ0) is 28.7. The van der Waals surface area contributed by atoms with Crippen molar-refractivity contribution in [3.8, 4) is 28.2 Å². The van der Waals surface area contributed by atoms with Gasteiger partial charge in [0, 0.05) is 43.2 Å². The lowest BCUT2D eigenvalue weighted by Gasteiger charge is -2.17. The second kappa shape index (κ2) is 10.8. The largest absolute Gasteiger partial charge is 0.333 e. The molecule has 0 bridgehead atoms. The van der Waals surface area contributed by atoms with Gasteiger partial charge in [0.05, 0.1) is 46.1 Å². The predicted molar refractivity (Wildman–Crippen MR) is 142 cm³/mol. The number of rotatable bonds is 8. The van der Waals surface area contributed by atoms with Crippen molar-refractivity contribution in [2.45, 2.75) is 19.0 Å². The first-order valence-electron chi connectivity index (χ1n) is 12.0. The lowest BCUT2D eigenvalue weighted by molar-refractivity contribution is 0.0561. The molecule has 0 aliphatic rings. The summed E-state index contributed by atoms with van der Waals surface area (Å²) in [5, 5.41) is 20.3. The summed E-state index contributed by atoms with van der Waals surface area (Å²) in [6, 6.07) is 7.35. The van der Waals surface area contributed by atoms with Gasteiger partial charge in [-0.25, -0.2) is 23.4 Å². The summed E-state index contributed by atoms with van der Waals surface area (Å²) in [6.07, 6.45) is 9.15. The molecule has 5 heterocycles. The molecule has 5 aromatic heterocycles. The first-order valence-corrected chi connectivity index (χ1v) is 12.8. The van der Waals surface area contributed by atoms with Crippen molar-refractivity contribution in [3.05, 3.63) is 95.0 Å². The van der Waals surface area contributed by atoms with Gasteiger partial charge in [0.25, 0.3) is 0 Å². The number of pyridine rings is 1. The van der Waals surface area contributed by atoms with Gasteiger partial charge < -0.3 is 0 Å². The van der Waals surface area contributed by atoms with E-state index in [4.69, 9.17) is 23.2 Å². The summed E-state index contributed by atoms with van der Waals surface area (Å²) in [6.45, 7) is -2.77. The minimum atomic E-state index is -2.77. The van der Waals surface area contributed by atoms with Gasteiger partial charge in [-0.05, 0) is 24.3 Å². The van der Waals surface area contributed by atoms with Crippen LogP contribution in [0.2, 0.25) is 10.2 Å². The quantitative estimate of drug-likeness (QED) is 0.237. The highest BCUT2D eigenvalue weighted by atomic mass is 35.5. The fraction of sp³-hybridized carbons (Fsp3) is 0.160. The Bertz CT molecular complexity index is 1820. The maximum absolute atomic E-state index is 15.3. The molecule has 1 atom stereocenters. The molecule has 0 saturated carbocycles. The van der Waals surface area contributed by atoms with Crippen LogP contribution >= 0.6 is 23.2 Å². The monoisotopic (exact) mass is 599 g/mol. The number of hydrogen-bond acceptors (Lipinski definition) is 7. The van der Waals surface area contributed by atoms with E-state index in [0.29, 0.717) is 38.7 Å². The minimum Gasteiger partial charge on any atom is -0.263 e. The summed E-state index contributed by atoms with van der Waals surface area (Å²) < 4.78 is 46.9. The van der Waals surface area contributed by atoms with Crippen molar-refractivity contribution in [2.75, 3.05) is 0 Å². The Hall–Kier alpha value is -4.56. The molecular weight excluding hydrogens is 582 g/mol. The van der Waals surface area contributed by atoms with E-state index in [-0.39, 0.29) is 22.2 Å². The van der Waals surface area contributed by atoms with Gasteiger partial charge in [0.1, 0.15) is 6.33 Å². The molecule has 11 nitrogen and oxygen atoms in total. The highest BCUT2D eigenvalue weighted by molar-refractivity contribution is 6.31. The van der Waals surface area contributed by atoms with Crippen LogP contribution in [0.1, 0.15) is 24.0 Å². The van der Waals surface area contributed by atoms with Crippen LogP contribution in [-0.2, 0) is 13.5 Å². The lowest BCUT2D eigenvalue weighted by Crippen LogP contribution is -2.16. The van der Waals surface area contributed by atoms with E-state index in [1.165, 1.54) is 41.7 Å². The molecule has 0 aliphatic heterocycles. The van der Waals surface area contributed by atoms with Crippen molar-refractivity contribution in [2.24, 2.45) is 7.05 Å². The predicted octanol–water partition coefficient (Wildman–Crippen LogP) is 5.19. The molecule has 0 N–H and O–H groups in total. The van der Waals surface area contributed by atoms with Gasteiger partial charge in [-0.15, -0.1) is 5.10 Å². The molecule has 0 amide bonds. The third-order valence-electron chi connectivity index (χ3n) is 6.36. The Morgan fingerprint density at radius 3 is 2.44 bits per heavy atom. The molecule has 6 rings (SSSR count). The standard InChI is InChI=1S/C25H18Cl2F3N11/c1-38-24(32-13-34-38)15-10-33-40(11-15)20(8-16-6-7-39(36-16)25(29)30)18-4-2-14(9-31-18)22-19(5-3-17(26)23(22)28)41-12-21(27)35-37-41/h2-7,9-13,20,25H,8H2,1H3/t20-/m1/s1. The highest BCUT2D eigenvalue weighted by Gasteiger charge is 2.23. The Balaban J connectivity index is 1.40.